The highest BCUT2D eigenvalue weighted by Gasteiger charge is 2.28. The zero-order valence-electron chi connectivity index (χ0n) is 18.2. The van der Waals surface area contributed by atoms with Gasteiger partial charge in [0.05, 0.1) is 11.3 Å². The smallest absolute Gasteiger partial charge is 0.410 e. The van der Waals surface area contributed by atoms with Crippen molar-refractivity contribution in [2.75, 3.05) is 13.1 Å². The molecule has 7 heteroatoms. The second kappa shape index (κ2) is 8.06. The summed E-state index contributed by atoms with van der Waals surface area (Å²) in [6.45, 7) is 7.04. The molecule has 0 saturated carbocycles. The van der Waals surface area contributed by atoms with Gasteiger partial charge in [-0.2, -0.15) is 5.10 Å². The van der Waals surface area contributed by atoms with Crippen molar-refractivity contribution in [3.63, 3.8) is 0 Å². The number of nitrogens with two attached hydrogens (primary N) is 1. The fraction of sp³-hybridized carbons (Fsp3) is 0.375. The van der Waals surface area contributed by atoms with Gasteiger partial charge in [0, 0.05) is 30.6 Å². The molecule has 2 aromatic carbocycles. The summed E-state index contributed by atoms with van der Waals surface area (Å²) >= 11 is 0. The van der Waals surface area contributed by atoms with Gasteiger partial charge in [-0.1, -0.05) is 24.3 Å². The van der Waals surface area contributed by atoms with Gasteiger partial charge in [-0.3, -0.25) is 4.79 Å². The molecule has 1 aliphatic rings. The number of carbonyl (C=O) groups excluding carboxylic acids is 2. The van der Waals surface area contributed by atoms with Crippen molar-refractivity contribution in [1.29, 1.82) is 0 Å². The maximum absolute atomic E-state index is 12.4. The molecule has 31 heavy (non-hydrogen) atoms. The molecule has 0 spiro atoms. The van der Waals surface area contributed by atoms with Crippen LogP contribution in [-0.2, 0) is 4.74 Å². The third kappa shape index (κ3) is 4.55. The van der Waals surface area contributed by atoms with Crippen LogP contribution in [0.3, 0.4) is 0 Å². The third-order valence-corrected chi connectivity index (χ3v) is 5.50. The predicted octanol–water partition coefficient (Wildman–Crippen LogP) is 4.24. The Hall–Kier alpha value is -3.35. The molecule has 1 atom stereocenters. The van der Waals surface area contributed by atoms with E-state index in [-0.39, 0.29) is 12.0 Å². The fourth-order valence-electron chi connectivity index (χ4n) is 4.02. The topological polar surface area (TPSA) is 90.5 Å². The first-order valence-corrected chi connectivity index (χ1v) is 10.6. The van der Waals surface area contributed by atoms with Crippen molar-refractivity contribution < 1.29 is 14.3 Å². The monoisotopic (exact) mass is 420 g/mol. The number of carbonyl (C=O) groups is 2. The lowest BCUT2D eigenvalue weighted by molar-refractivity contribution is 0.0198. The Labute approximate surface area is 181 Å². The number of primary amides is 1. The van der Waals surface area contributed by atoms with E-state index in [2.05, 4.69) is 17.2 Å². The highest BCUT2D eigenvalue weighted by molar-refractivity contribution is 6.04. The molecule has 2 heterocycles. The van der Waals surface area contributed by atoms with Gasteiger partial charge in [0.1, 0.15) is 11.1 Å². The number of aromatic nitrogens is 2. The number of hydrogen-bond donors (Lipinski definition) is 1. The summed E-state index contributed by atoms with van der Waals surface area (Å²) in [7, 11) is 0. The van der Waals surface area contributed by atoms with Gasteiger partial charge < -0.3 is 15.4 Å². The van der Waals surface area contributed by atoms with Crippen LogP contribution in [0.25, 0.3) is 16.6 Å². The normalized spacial score (nSPS) is 17.0. The summed E-state index contributed by atoms with van der Waals surface area (Å²) in [6.07, 6.45) is 3.63. The highest BCUT2D eigenvalue weighted by Crippen LogP contribution is 2.29. The first-order valence-electron chi connectivity index (χ1n) is 10.6. The standard InChI is InChI=1S/C24H28N4O3/c1-24(2,3)31-23(30)27-13-5-7-17(14-27)16-9-11-19(12-10-16)28-15-18-6-4-8-20(22(25)29)21(18)26-28/h4,6,8-12,15,17H,5,7,13-14H2,1-3H3,(H2,25,29)/t17-/m1/s1. The van der Waals surface area contributed by atoms with E-state index in [0.717, 1.165) is 30.5 Å². The SMILES string of the molecule is CC(C)(C)OC(=O)N1CCC[C@@H](c2ccc(-n3cc4cccc(C(N)=O)c4n3)cc2)C1. The molecular weight excluding hydrogens is 392 g/mol. The van der Waals surface area contributed by atoms with E-state index in [4.69, 9.17) is 10.5 Å². The molecule has 3 aromatic rings. The minimum Gasteiger partial charge on any atom is -0.444 e. The lowest BCUT2D eigenvalue weighted by Gasteiger charge is -2.34. The van der Waals surface area contributed by atoms with Crippen molar-refractivity contribution in [2.45, 2.75) is 45.1 Å². The number of rotatable bonds is 3. The number of piperidine rings is 1. The van der Waals surface area contributed by atoms with Crippen molar-refractivity contribution in [3.05, 3.63) is 59.8 Å². The van der Waals surface area contributed by atoms with Crippen LogP contribution in [0.1, 0.15) is 55.5 Å². The Morgan fingerprint density at radius 3 is 2.55 bits per heavy atom. The van der Waals surface area contributed by atoms with Crippen molar-refractivity contribution >= 4 is 22.9 Å². The van der Waals surface area contributed by atoms with E-state index >= 15 is 0 Å². The second-order valence-electron chi connectivity index (χ2n) is 9.04. The van der Waals surface area contributed by atoms with Gasteiger partial charge >= 0.3 is 6.09 Å². The zero-order chi connectivity index (χ0) is 22.2. The molecule has 2 N–H and O–H groups in total. The maximum Gasteiger partial charge on any atom is 0.410 e. The molecule has 7 nitrogen and oxygen atoms in total. The van der Waals surface area contributed by atoms with Gasteiger partial charge in [0.25, 0.3) is 5.91 Å². The molecule has 1 aliphatic heterocycles. The van der Waals surface area contributed by atoms with Crippen LogP contribution in [0.5, 0.6) is 0 Å². The number of benzene rings is 2. The van der Waals surface area contributed by atoms with Gasteiger partial charge in [-0.25, -0.2) is 9.48 Å². The zero-order valence-corrected chi connectivity index (χ0v) is 18.2. The number of nitrogens with zero attached hydrogens (tertiary/aromatic N) is 3. The van der Waals surface area contributed by atoms with Crippen LogP contribution in [0.2, 0.25) is 0 Å². The van der Waals surface area contributed by atoms with Gasteiger partial charge in [0.2, 0.25) is 0 Å². The van der Waals surface area contributed by atoms with Crippen molar-refractivity contribution in [3.8, 4) is 5.69 Å². The minimum atomic E-state index is -0.493. The lowest BCUT2D eigenvalue weighted by Crippen LogP contribution is -2.42. The Morgan fingerprint density at radius 2 is 1.87 bits per heavy atom. The molecule has 0 radical (unpaired) electrons. The molecule has 1 fully saturated rings. The summed E-state index contributed by atoms with van der Waals surface area (Å²) in [4.78, 5) is 25.9. The Morgan fingerprint density at radius 1 is 1.13 bits per heavy atom. The van der Waals surface area contributed by atoms with E-state index in [9.17, 15) is 9.59 Å². The number of ether oxygens (including phenoxy) is 1. The highest BCUT2D eigenvalue weighted by atomic mass is 16.6. The Bertz CT molecular complexity index is 1110. The number of amides is 2. The summed E-state index contributed by atoms with van der Waals surface area (Å²) < 4.78 is 7.29. The number of fused-ring (bicyclic) bond motifs is 1. The van der Waals surface area contributed by atoms with Crippen LogP contribution in [0.4, 0.5) is 4.79 Å². The lowest BCUT2D eigenvalue weighted by atomic mass is 9.91. The molecule has 162 valence electrons. The quantitative estimate of drug-likeness (QED) is 0.686. The van der Waals surface area contributed by atoms with Gasteiger partial charge in [-0.15, -0.1) is 0 Å². The van der Waals surface area contributed by atoms with Crippen molar-refractivity contribution in [2.24, 2.45) is 5.73 Å². The predicted molar refractivity (Wildman–Crippen MR) is 119 cm³/mol. The van der Waals surface area contributed by atoms with Crippen LogP contribution in [-0.4, -0.2) is 45.4 Å². The molecule has 4 rings (SSSR count). The van der Waals surface area contributed by atoms with Crippen LogP contribution in [0.15, 0.2) is 48.7 Å². The average Bonchev–Trinajstić information content (AvgIpc) is 3.17. The number of likely N-dealkylation sites (tertiary alicyclic amines) is 1. The van der Waals surface area contributed by atoms with Crippen LogP contribution >= 0.6 is 0 Å². The van der Waals surface area contributed by atoms with Gasteiger partial charge in [0.15, 0.2) is 0 Å². The van der Waals surface area contributed by atoms with Crippen molar-refractivity contribution in [1.82, 2.24) is 14.7 Å². The molecule has 0 aliphatic carbocycles. The van der Waals surface area contributed by atoms with Gasteiger partial charge in [-0.05, 0) is 57.4 Å². The average molecular weight is 421 g/mol. The molecular formula is C24H28N4O3. The molecule has 0 bridgehead atoms. The van der Waals surface area contributed by atoms with Crippen LogP contribution in [0, 0.1) is 0 Å². The largest absolute Gasteiger partial charge is 0.444 e. The summed E-state index contributed by atoms with van der Waals surface area (Å²) in [6, 6.07) is 13.6. The van der Waals surface area contributed by atoms with E-state index < -0.39 is 11.5 Å². The van der Waals surface area contributed by atoms with E-state index in [0.29, 0.717) is 17.6 Å². The Balaban J connectivity index is 1.52. The van der Waals surface area contributed by atoms with E-state index in [1.165, 1.54) is 5.56 Å². The fourth-order valence-corrected chi connectivity index (χ4v) is 4.02. The second-order valence-corrected chi connectivity index (χ2v) is 9.04. The Kier molecular flexibility index (Phi) is 5.43. The minimum absolute atomic E-state index is 0.248. The molecule has 0 unspecified atom stereocenters. The van der Waals surface area contributed by atoms with E-state index in [1.54, 1.807) is 21.7 Å². The first-order chi connectivity index (χ1) is 14.7. The molecule has 1 aromatic heterocycles. The first kappa shape index (κ1) is 20.9. The summed E-state index contributed by atoms with van der Waals surface area (Å²) in [5, 5.41) is 5.42. The summed E-state index contributed by atoms with van der Waals surface area (Å²) in [5.41, 5.74) is 8.07. The number of hydrogen-bond acceptors (Lipinski definition) is 4. The molecule has 1 saturated heterocycles. The van der Waals surface area contributed by atoms with Crippen LogP contribution < -0.4 is 5.73 Å². The maximum atomic E-state index is 12.4. The summed E-state index contributed by atoms with van der Waals surface area (Å²) in [5.74, 6) is -0.216. The van der Waals surface area contributed by atoms with E-state index in [1.807, 2.05) is 45.2 Å². The third-order valence-electron chi connectivity index (χ3n) is 5.50. The molecule has 2 amide bonds.